The second-order valence-corrected chi connectivity index (χ2v) is 8.98. The van der Waals surface area contributed by atoms with E-state index in [1.807, 2.05) is 6.92 Å². The number of amides is 1. The van der Waals surface area contributed by atoms with Crippen LogP contribution in [0.15, 0.2) is 61.2 Å². The number of anilines is 1. The Morgan fingerprint density at radius 2 is 1.83 bits per heavy atom. The van der Waals surface area contributed by atoms with E-state index in [4.69, 9.17) is 11.6 Å². The first-order valence-electron chi connectivity index (χ1n) is 11.5. The van der Waals surface area contributed by atoms with Crippen molar-refractivity contribution in [3.8, 4) is 22.4 Å². The van der Waals surface area contributed by atoms with Gasteiger partial charge in [0.05, 0.1) is 23.3 Å². The molecule has 1 amide bonds. The highest BCUT2D eigenvalue weighted by Gasteiger charge is 2.29. The van der Waals surface area contributed by atoms with Gasteiger partial charge >= 0.3 is 0 Å². The van der Waals surface area contributed by atoms with Gasteiger partial charge in [-0.25, -0.2) is 13.8 Å². The molecule has 0 saturated carbocycles. The Kier molecular flexibility index (Phi) is 6.36. The van der Waals surface area contributed by atoms with Crippen molar-refractivity contribution >= 4 is 23.3 Å². The lowest BCUT2D eigenvalue weighted by molar-refractivity contribution is 0.0787. The number of benzene rings is 1. The monoisotopic (exact) mass is 505 g/mol. The molecule has 1 unspecified atom stereocenters. The van der Waals surface area contributed by atoms with Gasteiger partial charge in [0.15, 0.2) is 0 Å². The highest BCUT2D eigenvalue weighted by atomic mass is 35.5. The molecule has 1 atom stereocenters. The Labute approximate surface area is 212 Å². The summed E-state index contributed by atoms with van der Waals surface area (Å²) in [6.45, 7) is 4.64. The summed E-state index contributed by atoms with van der Waals surface area (Å²) in [5, 5.41) is 3.61. The summed E-state index contributed by atoms with van der Waals surface area (Å²) in [7, 11) is 0. The summed E-state index contributed by atoms with van der Waals surface area (Å²) in [5.41, 5.74) is 3.29. The van der Waals surface area contributed by atoms with E-state index in [1.54, 1.807) is 48.5 Å². The van der Waals surface area contributed by atoms with Gasteiger partial charge in [-0.2, -0.15) is 0 Å². The summed E-state index contributed by atoms with van der Waals surface area (Å²) < 4.78 is 30.5. The van der Waals surface area contributed by atoms with E-state index in [0.29, 0.717) is 46.3 Å². The molecule has 0 fully saturated rings. The largest absolute Gasteiger partial charge is 0.363 e. The lowest BCUT2D eigenvalue weighted by atomic mass is 9.99. The van der Waals surface area contributed by atoms with Gasteiger partial charge in [-0.3, -0.25) is 14.8 Å². The van der Waals surface area contributed by atoms with Crippen LogP contribution in [-0.2, 0) is 6.54 Å². The van der Waals surface area contributed by atoms with Gasteiger partial charge in [-0.05, 0) is 55.8 Å². The Bertz CT molecular complexity index is 1480. The minimum absolute atomic E-state index is 0.0579. The molecule has 1 aliphatic heterocycles. The smallest absolute Gasteiger partial charge is 0.254 e. The zero-order chi connectivity index (χ0) is 25.4. The van der Waals surface area contributed by atoms with E-state index in [-0.39, 0.29) is 17.0 Å². The summed E-state index contributed by atoms with van der Waals surface area (Å²) >= 11 is 6.03. The molecule has 1 N–H and O–H groups in total. The molecule has 0 saturated heterocycles. The second kappa shape index (κ2) is 9.62. The number of hydrogen-bond donors (Lipinski definition) is 1. The van der Waals surface area contributed by atoms with E-state index < -0.39 is 17.7 Å². The van der Waals surface area contributed by atoms with Gasteiger partial charge in [0.1, 0.15) is 17.5 Å². The zero-order valence-electron chi connectivity index (χ0n) is 19.6. The quantitative estimate of drug-likeness (QED) is 0.333. The van der Waals surface area contributed by atoms with Crippen molar-refractivity contribution in [3.05, 3.63) is 94.5 Å². The molecular formula is C27H22ClF2N5O. The zero-order valence-corrected chi connectivity index (χ0v) is 20.4. The number of carbonyl (C=O) groups excluding carboxylic acids is 1. The fourth-order valence-corrected chi connectivity index (χ4v) is 4.55. The van der Waals surface area contributed by atoms with Crippen molar-refractivity contribution in [3.63, 3.8) is 0 Å². The molecule has 4 aromatic rings. The Morgan fingerprint density at radius 3 is 2.61 bits per heavy atom. The minimum atomic E-state index is -0.594. The number of hydrogen-bond acceptors (Lipinski definition) is 5. The summed E-state index contributed by atoms with van der Waals surface area (Å²) in [5.74, 6) is -0.701. The maximum absolute atomic E-state index is 15.3. The molecule has 0 radical (unpaired) electrons. The van der Waals surface area contributed by atoms with Crippen molar-refractivity contribution < 1.29 is 13.6 Å². The number of carbonyl (C=O) groups is 1. The van der Waals surface area contributed by atoms with E-state index >= 15 is 8.78 Å². The van der Waals surface area contributed by atoms with Crippen LogP contribution >= 0.6 is 11.6 Å². The molecule has 182 valence electrons. The molecule has 0 spiro atoms. The van der Waals surface area contributed by atoms with Crippen molar-refractivity contribution in [2.45, 2.75) is 26.4 Å². The molecule has 5 rings (SSSR count). The normalized spacial score (nSPS) is 13.6. The van der Waals surface area contributed by atoms with Gasteiger partial charge in [-0.1, -0.05) is 11.6 Å². The van der Waals surface area contributed by atoms with E-state index in [1.165, 1.54) is 24.5 Å². The molecule has 4 heterocycles. The summed E-state index contributed by atoms with van der Waals surface area (Å²) in [6, 6.07) is 8.45. The summed E-state index contributed by atoms with van der Waals surface area (Å²) in [4.78, 5) is 26.9. The maximum Gasteiger partial charge on any atom is 0.254 e. The molecule has 0 aliphatic carbocycles. The molecule has 1 aliphatic rings. The van der Waals surface area contributed by atoms with Crippen molar-refractivity contribution in [1.82, 2.24) is 19.9 Å². The van der Waals surface area contributed by atoms with Gasteiger partial charge < -0.3 is 10.2 Å². The number of nitrogens with one attached hydrogen (secondary N) is 1. The third kappa shape index (κ3) is 4.40. The predicted octanol–water partition coefficient (Wildman–Crippen LogP) is 6.29. The first-order valence-corrected chi connectivity index (χ1v) is 11.8. The number of pyridine rings is 3. The van der Waals surface area contributed by atoms with Crippen LogP contribution in [0.4, 0.5) is 14.6 Å². The molecule has 9 heteroatoms. The second-order valence-electron chi connectivity index (χ2n) is 8.55. The van der Waals surface area contributed by atoms with E-state index in [0.717, 1.165) is 5.56 Å². The van der Waals surface area contributed by atoms with Crippen molar-refractivity contribution in [2.24, 2.45) is 0 Å². The number of aromatic nitrogens is 3. The molecule has 6 nitrogen and oxygen atoms in total. The first kappa shape index (κ1) is 23.8. The van der Waals surface area contributed by atoms with Crippen molar-refractivity contribution in [1.29, 1.82) is 0 Å². The molecule has 1 aromatic carbocycles. The SMILES string of the molecule is CCN1Cc2c(ccnc2NC(C)c2cc(F)c(-c3ccnc(-c4cncc(Cl)c4)c3)cc2F)C1=O. The third-order valence-electron chi connectivity index (χ3n) is 6.28. The molecule has 36 heavy (non-hydrogen) atoms. The number of rotatable bonds is 6. The van der Waals surface area contributed by atoms with Crippen LogP contribution in [0.25, 0.3) is 22.4 Å². The van der Waals surface area contributed by atoms with Crippen LogP contribution in [0.5, 0.6) is 0 Å². The van der Waals surface area contributed by atoms with Gasteiger partial charge in [-0.15, -0.1) is 0 Å². The Hall–Kier alpha value is -3.91. The third-order valence-corrected chi connectivity index (χ3v) is 6.49. The van der Waals surface area contributed by atoms with Crippen LogP contribution in [0.2, 0.25) is 5.02 Å². The lowest BCUT2D eigenvalue weighted by Gasteiger charge is -2.19. The van der Waals surface area contributed by atoms with Crippen molar-refractivity contribution in [2.75, 3.05) is 11.9 Å². The summed E-state index contributed by atoms with van der Waals surface area (Å²) in [6.07, 6.45) is 6.19. The number of nitrogens with zero attached hydrogens (tertiary/aromatic N) is 4. The molecular weight excluding hydrogens is 484 g/mol. The number of fused-ring (bicyclic) bond motifs is 1. The fraction of sp³-hybridized carbons (Fsp3) is 0.185. The van der Waals surface area contributed by atoms with Gasteiger partial charge in [0.2, 0.25) is 0 Å². The average Bonchev–Trinajstić information content (AvgIpc) is 3.21. The molecule has 3 aromatic heterocycles. The van der Waals surface area contributed by atoms with E-state index in [9.17, 15) is 4.79 Å². The van der Waals surface area contributed by atoms with Crippen LogP contribution in [0.3, 0.4) is 0 Å². The fourth-order valence-electron chi connectivity index (χ4n) is 4.37. The van der Waals surface area contributed by atoms with Crippen LogP contribution < -0.4 is 5.32 Å². The topological polar surface area (TPSA) is 71.0 Å². The number of halogens is 3. The van der Waals surface area contributed by atoms with Gasteiger partial charge in [0.25, 0.3) is 5.91 Å². The van der Waals surface area contributed by atoms with Crippen LogP contribution in [-0.4, -0.2) is 32.3 Å². The maximum atomic E-state index is 15.3. The molecule has 0 bridgehead atoms. The van der Waals surface area contributed by atoms with Crippen LogP contribution in [0, 0.1) is 11.6 Å². The standard InChI is InChI=1S/C27H22ClF2N5O/c1-3-35-14-22-19(27(35)36)5-7-33-26(22)34-15(2)20-10-24(30)21(11-23(20)29)16-4-6-32-25(9-16)17-8-18(28)13-31-12-17/h4-13,15H,3,14H2,1-2H3,(H,33,34). The van der Waals surface area contributed by atoms with Crippen LogP contribution in [0.1, 0.15) is 41.4 Å². The Morgan fingerprint density at radius 1 is 1.03 bits per heavy atom. The predicted molar refractivity (Wildman–Crippen MR) is 135 cm³/mol. The lowest BCUT2D eigenvalue weighted by Crippen LogP contribution is -2.22. The van der Waals surface area contributed by atoms with E-state index in [2.05, 4.69) is 20.3 Å². The highest BCUT2D eigenvalue weighted by Crippen LogP contribution is 2.33. The average molecular weight is 506 g/mol. The van der Waals surface area contributed by atoms with Gasteiger partial charge in [0, 0.05) is 59.1 Å². The minimum Gasteiger partial charge on any atom is -0.363 e. The first-order chi connectivity index (χ1) is 17.4. The highest BCUT2D eigenvalue weighted by molar-refractivity contribution is 6.30. The Balaban J connectivity index is 1.43.